The van der Waals surface area contributed by atoms with Crippen LogP contribution in [-0.4, -0.2) is 221 Å². The van der Waals surface area contributed by atoms with Crippen LogP contribution in [0, 0.1) is 45.3 Å². The van der Waals surface area contributed by atoms with Gasteiger partial charge in [0, 0.05) is 0 Å². The highest BCUT2D eigenvalue weighted by atomic mass is 16.8. The van der Waals surface area contributed by atoms with Crippen LogP contribution in [0.3, 0.4) is 0 Å². The van der Waals surface area contributed by atoms with E-state index >= 15 is 0 Å². The zero-order valence-corrected chi connectivity index (χ0v) is 44.0. The maximum Gasteiger partial charge on any atom is 0.187 e. The van der Waals surface area contributed by atoms with Crippen molar-refractivity contribution < 1.29 is 104 Å². The van der Waals surface area contributed by atoms with E-state index in [0.717, 1.165) is 50.5 Å². The van der Waals surface area contributed by atoms with Crippen LogP contribution in [0.15, 0.2) is 24.3 Å². The molecule has 21 heteroatoms. The molecule has 0 amide bonds. The Hall–Kier alpha value is -1.36. The van der Waals surface area contributed by atoms with Crippen LogP contribution in [0.5, 0.6) is 0 Å². The van der Waals surface area contributed by atoms with E-state index in [1.807, 2.05) is 19.1 Å². The van der Waals surface area contributed by atoms with E-state index in [1.165, 1.54) is 6.92 Å². The fourth-order valence-electron chi connectivity index (χ4n) is 15.8. The molecule has 21 nitrogen and oxygen atoms in total. The Morgan fingerprint density at radius 3 is 1.91 bits per heavy atom. The van der Waals surface area contributed by atoms with Gasteiger partial charge in [-0.05, 0) is 117 Å². The Labute approximate surface area is 434 Å². The molecule has 28 atom stereocenters. The lowest BCUT2D eigenvalue weighted by Gasteiger charge is -2.70. The molecular weight excluding hydrogens is 973 g/mol. The molecule has 4 heterocycles. The maximum absolute atomic E-state index is 12.9. The fraction of sp³-hybridized carbons (Fsp3) is 0.925. The first-order valence-corrected chi connectivity index (χ1v) is 26.9. The third kappa shape index (κ3) is 10.3. The summed E-state index contributed by atoms with van der Waals surface area (Å²) in [4.78, 5) is 0. The monoisotopic (exact) mass is 1060 g/mol. The van der Waals surface area contributed by atoms with Crippen molar-refractivity contribution in [3.63, 3.8) is 0 Å². The highest BCUT2D eigenvalue weighted by Gasteiger charge is 2.70. The summed E-state index contributed by atoms with van der Waals surface area (Å²) in [5.41, 5.74) is -1.67. The van der Waals surface area contributed by atoms with Crippen molar-refractivity contribution in [2.75, 3.05) is 26.4 Å². The topological polar surface area (TPSA) is 337 Å². The summed E-state index contributed by atoms with van der Waals surface area (Å²) >= 11 is 0. The van der Waals surface area contributed by atoms with Crippen LogP contribution in [-0.2, 0) is 37.9 Å². The minimum atomic E-state index is -1.78. The minimum absolute atomic E-state index is 0.0936. The largest absolute Gasteiger partial charge is 0.394 e. The van der Waals surface area contributed by atoms with Gasteiger partial charge in [0.25, 0.3) is 0 Å². The molecule has 4 aliphatic carbocycles. The van der Waals surface area contributed by atoms with Crippen LogP contribution in [0.25, 0.3) is 0 Å². The molecule has 0 radical (unpaired) electrons. The molecule has 0 bridgehead atoms. The number of ether oxygens (including phenoxy) is 8. The van der Waals surface area contributed by atoms with Gasteiger partial charge in [0.05, 0.1) is 44.2 Å². The summed E-state index contributed by atoms with van der Waals surface area (Å²) in [5.74, 6) is 0.274. The van der Waals surface area contributed by atoms with Gasteiger partial charge >= 0.3 is 0 Å². The number of hydrogen-bond acceptors (Lipinski definition) is 21. The highest BCUT2D eigenvalue weighted by Crippen LogP contribution is 2.76. The first-order valence-electron chi connectivity index (χ1n) is 26.9. The summed E-state index contributed by atoms with van der Waals surface area (Å²) in [6.45, 7) is 17.0. The van der Waals surface area contributed by atoms with E-state index in [1.54, 1.807) is 0 Å². The van der Waals surface area contributed by atoms with Crippen LogP contribution < -0.4 is 0 Å². The van der Waals surface area contributed by atoms with Crippen LogP contribution in [0.4, 0.5) is 0 Å². The predicted octanol–water partition coefficient (Wildman–Crippen LogP) is -0.758. The van der Waals surface area contributed by atoms with Gasteiger partial charge in [0.1, 0.15) is 85.5 Å². The summed E-state index contributed by atoms with van der Waals surface area (Å²) in [5, 5.41) is 141. The zero-order chi connectivity index (χ0) is 54.2. The third-order valence-electron chi connectivity index (χ3n) is 20.2. The van der Waals surface area contributed by atoms with E-state index in [4.69, 9.17) is 37.9 Å². The van der Waals surface area contributed by atoms with Crippen molar-refractivity contribution >= 4 is 0 Å². The number of fused-ring (bicyclic) bond motifs is 5. The average Bonchev–Trinajstić information content (AvgIpc) is 3.72. The minimum Gasteiger partial charge on any atom is -0.394 e. The van der Waals surface area contributed by atoms with Gasteiger partial charge in [0.15, 0.2) is 25.2 Å². The molecule has 4 aliphatic heterocycles. The summed E-state index contributed by atoms with van der Waals surface area (Å²) in [7, 11) is 0. The van der Waals surface area contributed by atoms with E-state index in [0.29, 0.717) is 6.42 Å². The molecule has 8 rings (SSSR count). The molecule has 28 unspecified atom stereocenters. The summed E-state index contributed by atoms with van der Waals surface area (Å²) in [6.07, 6.45) is -19.0. The molecule has 0 aromatic rings. The average molecular weight is 1060 g/mol. The SMILES string of the molecule is C=C(C)C=CCC(O)(COC1OC(CO)C(O)C(O)C1O)C1CCC2(C)C1CCC1C3(C)CCC(OC4OC(CO)C(O)C(OC5OCC(O)C(O)C5O)C4OC4OC(C)C(O)C(O)C4O)C(C)(C)C3CCC12C. The molecule has 4 saturated heterocycles. The van der Waals surface area contributed by atoms with Gasteiger partial charge in [-0.25, -0.2) is 0 Å². The van der Waals surface area contributed by atoms with Crippen molar-refractivity contribution in [2.45, 2.75) is 235 Å². The van der Waals surface area contributed by atoms with Crippen LogP contribution in [0.1, 0.15) is 106 Å². The zero-order valence-electron chi connectivity index (χ0n) is 44.0. The summed E-state index contributed by atoms with van der Waals surface area (Å²) in [6, 6.07) is 0. The van der Waals surface area contributed by atoms with Crippen LogP contribution >= 0.6 is 0 Å². The molecule has 8 aliphatic rings. The van der Waals surface area contributed by atoms with Crippen LogP contribution in [0.2, 0.25) is 0 Å². The van der Waals surface area contributed by atoms with Gasteiger partial charge in [-0.2, -0.15) is 0 Å². The molecule has 0 aromatic heterocycles. The Morgan fingerprint density at radius 2 is 1.23 bits per heavy atom. The highest BCUT2D eigenvalue weighted by molar-refractivity contribution is 5.20. The predicted molar refractivity (Wildman–Crippen MR) is 259 cm³/mol. The van der Waals surface area contributed by atoms with Gasteiger partial charge in [-0.1, -0.05) is 58.9 Å². The molecule has 8 fully saturated rings. The normalized spacial score (nSPS) is 52.4. The second-order valence-corrected chi connectivity index (χ2v) is 24.7. The van der Waals surface area contributed by atoms with Crippen molar-refractivity contribution in [3.8, 4) is 0 Å². The van der Waals surface area contributed by atoms with Crippen molar-refractivity contribution in [3.05, 3.63) is 24.3 Å². The van der Waals surface area contributed by atoms with E-state index in [9.17, 15) is 66.4 Å². The van der Waals surface area contributed by atoms with Gasteiger partial charge < -0.3 is 104 Å². The number of aliphatic hydroxyl groups is 13. The van der Waals surface area contributed by atoms with Crippen molar-refractivity contribution in [1.82, 2.24) is 0 Å². The standard InChI is InChI=1S/C53H88O21/c1-24(2)10-9-16-53(66,23-68-46-41(64)39(62)36(59)29(20-54)70-46)27-13-18-51(7)26(27)11-12-32-50(6)17-15-33(49(4,5)31(50)14-19-52(32,51)8)72-48-44(74-47-42(65)38(61)34(57)25(3)69-47)43(37(60)30(21-55)71-48)73-45-40(63)35(58)28(56)22-67-45/h9-10,25-48,54-66H,1,11-23H2,2-8H3. The first kappa shape index (κ1) is 58.8. The van der Waals surface area contributed by atoms with Crippen molar-refractivity contribution in [2.24, 2.45) is 45.3 Å². The molecule has 74 heavy (non-hydrogen) atoms. The van der Waals surface area contributed by atoms with Crippen molar-refractivity contribution in [1.29, 1.82) is 0 Å². The van der Waals surface area contributed by atoms with Gasteiger partial charge in [0.2, 0.25) is 0 Å². The molecule has 426 valence electrons. The maximum atomic E-state index is 12.9. The Balaban J connectivity index is 1.03. The van der Waals surface area contributed by atoms with E-state index < -0.39 is 154 Å². The molecule has 13 N–H and O–H groups in total. The van der Waals surface area contributed by atoms with Gasteiger partial charge in [-0.3, -0.25) is 0 Å². The second kappa shape index (κ2) is 22.3. The molecule has 0 aromatic carbocycles. The lowest BCUT2D eigenvalue weighted by atomic mass is 9.35. The van der Waals surface area contributed by atoms with E-state index in [2.05, 4.69) is 41.2 Å². The molecule has 0 spiro atoms. The van der Waals surface area contributed by atoms with E-state index in [-0.39, 0.29) is 52.9 Å². The Kier molecular flexibility index (Phi) is 17.7. The number of rotatable bonds is 15. The second-order valence-electron chi connectivity index (χ2n) is 24.7. The smallest absolute Gasteiger partial charge is 0.187 e. The molecular formula is C53H88O21. The fourth-order valence-corrected chi connectivity index (χ4v) is 15.8. The number of allylic oxidation sites excluding steroid dienone is 2. The Bertz CT molecular complexity index is 1940. The Morgan fingerprint density at radius 1 is 0.622 bits per heavy atom. The molecule has 4 saturated carbocycles. The van der Waals surface area contributed by atoms with Gasteiger partial charge in [-0.15, -0.1) is 0 Å². The number of hydrogen-bond donors (Lipinski definition) is 13. The lowest BCUT2D eigenvalue weighted by molar-refractivity contribution is -0.395. The third-order valence-corrected chi connectivity index (χ3v) is 20.2. The first-order chi connectivity index (χ1) is 34.7. The lowest BCUT2D eigenvalue weighted by Crippen LogP contribution is -2.67. The quantitative estimate of drug-likeness (QED) is 0.0708. The summed E-state index contributed by atoms with van der Waals surface area (Å²) < 4.78 is 49.1. The number of aliphatic hydroxyl groups excluding tert-OH is 12.